The summed E-state index contributed by atoms with van der Waals surface area (Å²) in [5.74, 6) is 0.661. The van der Waals surface area contributed by atoms with Crippen LogP contribution in [0.3, 0.4) is 0 Å². The highest BCUT2D eigenvalue weighted by Gasteiger charge is 2.12. The fourth-order valence-electron chi connectivity index (χ4n) is 1.93. The van der Waals surface area contributed by atoms with Gasteiger partial charge in [-0.15, -0.1) is 0 Å². The Hall–Kier alpha value is -2.54. The molecule has 106 valence electrons. The van der Waals surface area contributed by atoms with Crippen LogP contribution in [0.1, 0.15) is 12.6 Å². The molecule has 3 aromatic rings. The monoisotopic (exact) mass is 299 g/mol. The summed E-state index contributed by atoms with van der Waals surface area (Å²) in [5, 5.41) is 3.29. The Bertz CT molecular complexity index is 779. The molecule has 0 aromatic carbocycles. The molecule has 21 heavy (non-hydrogen) atoms. The molecule has 0 aliphatic rings. The first kappa shape index (κ1) is 13.4. The summed E-state index contributed by atoms with van der Waals surface area (Å²) < 4.78 is 1.84. The number of thiazole rings is 1. The SMILES string of the molecule is CC(=O)Nc1nc(C)c(-c2cccc(-n3ccnc3)n2)s1. The average Bonchev–Trinajstić information content (AvgIpc) is 3.08. The largest absolute Gasteiger partial charge is 0.302 e. The maximum absolute atomic E-state index is 11.1. The van der Waals surface area contributed by atoms with Gasteiger partial charge in [0.2, 0.25) is 5.91 Å². The van der Waals surface area contributed by atoms with E-state index in [9.17, 15) is 4.79 Å². The number of nitrogens with one attached hydrogen (secondary N) is 1. The van der Waals surface area contributed by atoms with E-state index in [1.165, 1.54) is 18.3 Å². The van der Waals surface area contributed by atoms with Gasteiger partial charge in [0.1, 0.15) is 12.1 Å². The maximum atomic E-state index is 11.1. The van der Waals surface area contributed by atoms with Crippen molar-refractivity contribution in [2.24, 2.45) is 0 Å². The highest BCUT2D eigenvalue weighted by molar-refractivity contribution is 7.19. The summed E-state index contributed by atoms with van der Waals surface area (Å²) in [6, 6.07) is 5.78. The van der Waals surface area contributed by atoms with E-state index in [1.807, 2.05) is 35.9 Å². The van der Waals surface area contributed by atoms with Crippen molar-refractivity contribution in [3.8, 4) is 16.4 Å². The molecule has 1 amide bonds. The molecule has 6 nitrogen and oxygen atoms in total. The highest BCUT2D eigenvalue weighted by atomic mass is 32.1. The number of carbonyl (C=O) groups is 1. The summed E-state index contributed by atoms with van der Waals surface area (Å²) >= 11 is 1.42. The number of anilines is 1. The Kier molecular flexibility index (Phi) is 3.49. The van der Waals surface area contributed by atoms with Crippen LogP contribution in [0.4, 0.5) is 5.13 Å². The Labute approximate surface area is 125 Å². The van der Waals surface area contributed by atoms with Crippen molar-refractivity contribution in [2.75, 3.05) is 5.32 Å². The molecule has 0 bridgehead atoms. The Balaban J connectivity index is 1.99. The van der Waals surface area contributed by atoms with Gasteiger partial charge in [-0.3, -0.25) is 9.36 Å². The average molecular weight is 299 g/mol. The van der Waals surface area contributed by atoms with Gasteiger partial charge in [-0.05, 0) is 19.1 Å². The first-order valence-corrected chi connectivity index (χ1v) is 7.16. The first-order valence-electron chi connectivity index (χ1n) is 6.34. The van der Waals surface area contributed by atoms with Crippen LogP contribution >= 0.6 is 11.3 Å². The Morgan fingerprint density at radius 1 is 1.33 bits per heavy atom. The van der Waals surface area contributed by atoms with Crippen molar-refractivity contribution in [3.05, 3.63) is 42.6 Å². The lowest BCUT2D eigenvalue weighted by atomic mass is 10.2. The van der Waals surface area contributed by atoms with Crippen LogP contribution < -0.4 is 5.32 Å². The Morgan fingerprint density at radius 3 is 2.90 bits per heavy atom. The number of hydrogen-bond donors (Lipinski definition) is 1. The van der Waals surface area contributed by atoms with Gasteiger partial charge in [0, 0.05) is 19.3 Å². The third-order valence-corrected chi connectivity index (χ3v) is 3.91. The number of aryl methyl sites for hydroxylation is 1. The number of pyridine rings is 1. The van der Waals surface area contributed by atoms with Gasteiger partial charge in [-0.25, -0.2) is 15.0 Å². The summed E-state index contributed by atoms with van der Waals surface area (Å²) in [4.78, 5) is 25.0. The number of imidazole rings is 1. The molecule has 0 radical (unpaired) electrons. The molecular formula is C14H13N5OS. The summed E-state index contributed by atoms with van der Waals surface area (Å²) in [6.07, 6.45) is 5.25. The number of rotatable bonds is 3. The van der Waals surface area contributed by atoms with Crippen LogP contribution in [-0.4, -0.2) is 25.4 Å². The summed E-state index contributed by atoms with van der Waals surface area (Å²) in [5.41, 5.74) is 1.67. The number of carbonyl (C=O) groups excluding carboxylic acids is 1. The van der Waals surface area contributed by atoms with Gasteiger partial charge in [0.15, 0.2) is 5.13 Å². The number of aromatic nitrogens is 4. The number of nitrogens with zero attached hydrogens (tertiary/aromatic N) is 4. The van der Waals surface area contributed by atoms with E-state index >= 15 is 0 Å². The fourth-order valence-corrected chi connectivity index (χ4v) is 2.91. The molecule has 3 rings (SSSR count). The van der Waals surface area contributed by atoms with Gasteiger partial charge in [-0.1, -0.05) is 17.4 Å². The van der Waals surface area contributed by atoms with Gasteiger partial charge in [0.25, 0.3) is 0 Å². The zero-order valence-corrected chi connectivity index (χ0v) is 12.4. The molecule has 0 saturated heterocycles. The summed E-state index contributed by atoms with van der Waals surface area (Å²) in [7, 11) is 0. The molecule has 7 heteroatoms. The van der Waals surface area contributed by atoms with Crippen molar-refractivity contribution >= 4 is 22.4 Å². The van der Waals surface area contributed by atoms with Crippen LogP contribution in [0.2, 0.25) is 0 Å². The van der Waals surface area contributed by atoms with E-state index in [0.717, 1.165) is 22.1 Å². The third kappa shape index (κ3) is 2.82. The Morgan fingerprint density at radius 2 is 2.19 bits per heavy atom. The molecule has 0 unspecified atom stereocenters. The topological polar surface area (TPSA) is 72.7 Å². The minimum Gasteiger partial charge on any atom is -0.302 e. The lowest BCUT2D eigenvalue weighted by Gasteiger charge is -2.03. The molecule has 0 spiro atoms. The normalized spacial score (nSPS) is 10.6. The van der Waals surface area contributed by atoms with Gasteiger partial charge < -0.3 is 5.32 Å². The lowest BCUT2D eigenvalue weighted by Crippen LogP contribution is -2.04. The minimum absolute atomic E-state index is 0.129. The van der Waals surface area contributed by atoms with Gasteiger partial charge >= 0.3 is 0 Å². The molecule has 0 saturated carbocycles. The number of amides is 1. The van der Waals surface area contributed by atoms with E-state index in [-0.39, 0.29) is 5.91 Å². The predicted molar refractivity (Wildman–Crippen MR) is 81.5 cm³/mol. The molecule has 3 heterocycles. The molecule has 1 N–H and O–H groups in total. The van der Waals surface area contributed by atoms with Crippen LogP contribution in [0.15, 0.2) is 36.9 Å². The van der Waals surface area contributed by atoms with E-state index in [0.29, 0.717) is 5.13 Å². The third-order valence-electron chi connectivity index (χ3n) is 2.82. The van der Waals surface area contributed by atoms with Crippen LogP contribution in [0.25, 0.3) is 16.4 Å². The van der Waals surface area contributed by atoms with E-state index in [1.54, 1.807) is 12.5 Å². The zero-order chi connectivity index (χ0) is 14.8. The molecule has 0 atom stereocenters. The van der Waals surface area contributed by atoms with Gasteiger partial charge in [0.05, 0.1) is 16.3 Å². The van der Waals surface area contributed by atoms with E-state index in [4.69, 9.17) is 0 Å². The quantitative estimate of drug-likeness (QED) is 0.807. The smallest absolute Gasteiger partial charge is 0.223 e. The molecule has 0 fully saturated rings. The van der Waals surface area contributed by atoms with Crippen LogP contribution in [0, 0.1) is 6.92 Å². The van der Waals surface area contributed by atoms with Crippen molar-refractivity contribution in [1.82, 2.24) is 19.5 Å². The van der Waals surface area contributed by atoms with Crippen molar-refractivity contribution in [3.63, 3.8) is 0 Å². The summed E-state index contributed by atoms with van der Waals surface area (Å²) in [6.45, 7) is 3.37. The van der Waals surface area contributed by atoms with E-state index < -0.39 is 0 Å². The molecule has 0 aliphatic heterocycles. The second-order valence-corrected chi connectivity index (χ2v) is 5.46. The molecule has 3 aromatic heterocycles. The van der Waals surface area contributed by atoms with Crippen LogP contribution in [0.5, 0.6) is 0 Å². The molecular weight excluding hydrogens is 286 g/mol. The van der Waals surface area contributed by atoms with Crippen LogP contribution in [-0.2, 0) is 4.79 Å². The lowest BCUT2D eigenvalue weighted by molar-refractivity contribution is -0.114. The van der Waals surface area contributed by atoms with Gasteiger partial charge in [-0.2, -0.15) is 0 Å². The standard InChI is InChI=1S/C14H13N5OS/c1-9-13(21-14(16-9)17-10(2)20)11-4-3-5-12(18-11)19-7-6-15-8-19/h3-8H,1-2H3,(H,16,17,20). The van der Waals surface area contributed by atoms with E-state index in [2.05, 4.69) is 20.3 Å². The second kappa shape index (κ2) is 5.45. The van der Waals surface area contributed by atoms with Crippen molar-refractivity contribution in [1.29, 1.82) is 0 Å². The number of hydrogen-bond acceptors (Lipinski definition) is 5. The minimum atomic E-state index is -0.129. The predicted octanol–water partition coefficient (Wildman–Crippen LogP) is 2.66. The van der Waals surface area contributed by atoms with Crippen molar-refractivity contribution < 1.29 is 4.79 Å². The fraction of sp³-hybridized carbons (Fsp3) is 0.143. The second-order valence-electron chi connectivity index (χ2n) is 4.47. The highest BCUT2D eigenvalue weighted by Crippen LogP contribution is 2.31. The maximum Gasteiger partial charge on any atom is 0.223 e. The zero-order valence-electron chi connectivity index (χ0n) is 11.6. The van der Waals surface area contributed by atoms with Crippen molar-refractivity contribution in [2.45, 2.75) is 13.8 Å². The first-order chi connectivity index (χ1) is 10.1. The molecule has 0 aliphatic carbocycles.